The van der Waals surface area contributed by atoms with E-state index in [1.165, 1.54) is 12.8 Å². The van der Waals surface area contributed by atoms with Gasteiger partial charge in [-0.15, -0.1) is 0 Å². The SMILES string of the molecule is O=C(O)C[C@@H]1CN(C(=O)c2ccn(C3CCCC3)n2)CCO1. The van der Waals surface area contributed by atoms with Crippen LogP contribution >= 0.6 is 0 Å². The summed E-state index contributed by atoms with van der Waals surface area (Å²) in [5.41, 5.74) is 0.433. The maximum absolute atomic E-state index is 12.5. The number of carboxylic acid groups (broad SMARTS) is 1. The van der Waals surface area contributed by atoms with Crippen LogP contribution in [0.15, 0.2) is 12.3 Å². The number of hydrogen-bond donors (Lipinski definition) is 1. The zero-order valence-corrected chi connectivity index (χ0v) is 12.5. The molecule has 0 unspecified atom stereocenters. The number of ether oxygens (including phenoxy) is 1. The number of rotatable bonds is 4. The minimum Gasteiger partial charge on any atom is -0.481 e. The lowest BCUT2D eigenvalue weighted by Crippen LogP contribution is -2.46. The molecular weight excluding hydrogens is 286 g/mol. The average Bonchev–Trinajstić information content (AvgIpc) is 3.17. The molecule has 0 bridgehead atoms. The Morgan fingerprint density at radius 2 is 2.14 bits per heavy atom. The lowest BCUT2D eigenvalue weighted by atomic mass is 10.2. The molecule has 7 heteroatoms. The number of carbonyl (C=O) groups is 2. The molecule has 1 aliphatic carbocycles. The molecule has 1 aromatic rings. The Bertz CT molecular complexity index is 551. The van der Waals surface area contributed by atoms with Crippen molar-refractivity contribution in [2.75, 3.05) is 19.7 Å². The molecule has 1 N–H and O–H groups in total. The van der Waals surface area contributed by atoms with E-state index in [2.05, 4.69) is 5.10 Å². The molecular formula is C15H21N3O4. The number of morpholine rings is 1. The average molecular weight is 307 g/mol. The quantitative estimate of drug-likeness (QED) is 0.906. The van der Waals surface area contributed by atoms with Gasteiger partial charge in [0, 0.05) is 19.3 Å². The molecule has 1 aliphatic heterocycles. The van der Waals surface area contributed by atoms with Crippen molar-refractivity contribution >= 4 is 11.9 Å². The zero-order valence-electron chi connectivity index (χ0n) is 12.5. The van der Waals surface area contributed by atoms with Gasteiger partial charge in [-0.3, -0.25) is 14.3 Å². The number of aliphatic carboxylic acids is 1. The number of hydrogen-bond acceptors (Lipinski definition) is 4. The standard InChI is InChI=1S/C15H21N3O4/c19-14(20)9-12-10-17(7-8-22-12)15(21)13-5-6-18(16-13)11-3-1-2-4-11/h5-6,11-12H,1-4,7-10H2,(H,19,20)/t12-/m1/s1. The van der Waals surface area contributed by atoms with Gasteiger partial charge in [0.1, 0.15) is 5.69 Å². The molecule has 22 heavy (non-hydrogen) atoms. The van der Waals surface area contributed by atoms with Crippen LogP contribution in [-0.2, 0) is 9.53 Å². The second kappa shape index (κ2) is 6.48. The van der Waals surface area contributed by atoms with Gasteiger partial charge in [-0.25, -0.2) is 0 Å². The number of nitrogens with zero attached hydrogens (tertiary/aromatic N) is 3. The number of amides is 1. The van der Waals surface area contributed by atoms with Crippen molar-refractivity contribution in [1.29, 1.82) is 0 Å². The van der Waals surface area contributed by atoms with E-state index < -0.39 is 12.1 Å². The lowest BCUT2D eigenvalue weighted by molar-refractivity contribution is -0.141. The molecule has 120 valence electrons. The van der Waals surface area contributed by atoms with Gasteiger partial charge in [-0.1, -0.05) is 12.8 Å². The number of aromatic nitrogens is 2. The number of carbonyl (C=O) groups excluding carboxylic acids is 1. The van der Waals surface area contributed by atoms with Crippen molar-refractivity contribution in [3.8, 4) is 0 Å². The summed E-state index contributed by atoms with van der Waals surface area (Å²) in [6.45, 7) is 1.15. The third-order valence-corrected chi connectivity index (χ3v) is 4.35. The maximum Gasteiger partial charge on any atom is 0.306 e. The van der Waals surface area contributed by atoms with Gasteiger partial charge >= 0.3 is 5.97 Å². The molecule has 2 aliphatic rings. The third kappa shape index (κ3) is 3.30. The second-order valence-corrected chi connectivity index (χ2v) is 5.96. The first-order chi connectivity index (χ1) is 10.6. The van der Waals surface area contributed by atoms with Crippen molar-refractivity contribution < 1.29 is 19.4 Å². The van der Waals surface area contributed by atoms with Crippen LogP contribution in [0.3, 0.4) is 0 Å². The lowest BCUT2D eigenvalue weighted by Gasteiger charge is -2.31. The fourth-order valence-corrected chi connectivity index (χ4v) is 3.21. The molecule has 2 heterocycles. The summed E-state index contributed by atoms with van der Waals surface area (Å²) in [7, 11) is 0. The molecule has 0 aromatic carbocycles. The van der Waals surface area contributed by atoms with Crippen molar-refractivity contribution in [3.05, 3.63) is 18.0 Å². The Morgan fingerprint density at radius 1 is 1.36 bits per heavy atom. The van der Waals surface area contributed by atoms with Gasteiger partial charge in [-0.2, -0.15) is 5.10 Å². The Balaban J connectivity index is 1.64. The fraction of sp³-hybridized carbons (Fsp3) is 0.667. The summed E-state index contributed by atoms with van der Waals surface area (Å²) in [4.78, 5) is 24.9. The minimum atomic E-state index is -0.912. The van der Waals surface area contributed by atoms with E-state index >= 15 is 0 Å². The maximum atomic E-state index is 12.5. The molecule has 1 saturated carbocycles. The zero-order chi connectivity index (χ0) is 15.5. The van der Waals surface area contributed by atoms with Gasteiger partial charge in [-0.05, 0) is 18.9 Å². The molecule has 1 amide bonds. The first-order valence-electron chi connectivity index (χ1n) is 7.81. The van der Waals surface area contributed by atoms with E-state index in [9.17, 15) is 9.59 Å². The van der Waals surface area contributed by atoms with Gasteiger partial charge in [0.15, 0.2) is 0 Å². The molecule has 2 fully saturated rings. The molecule has 1 atom stereocenters. The van der Waals surface area contributed by atoms with Crippen LogP contribution in [0.1, 0.15) is 48.6 Å². The van der Waals surface area contributed by atoms with Crippen LogP contribution in [0.2, 0.25) is 0 Å². The Hall–Kier alpha value is -1.89. The Morgan fingerprint density at radius 3 is 2.86 bits per heavy atom. The van der Waals surface area contributed by atoms with Gasteiger partial charge < -0.3 is 14.7 Å². The Kier molecular flexibility index (Phi) is 4.42. The third-order valence-electron chi connectivity index (χ3n) is 4.35. The largest absolute Gasteiger partial charge is 0.481 e. The van der Waals surface area contributed by atoms with Crippen LogP contribution in [0.4, 0.5) is 0 Å². The van der Waals surface area contributed by atoms with Gasteiger partial charge in [0.25, 0.3) is 5.91 Å². The van der Waals surface area contributed by atoms with E-state index in [1.54, 1.807) is 11.0 Å². The van der Waals surface area contributed by atoms with E-state index in [0.717, 1.165) is 12.8 Å². The fourth-order valence-electron chi connectivity index (χ4n) is 3.21. The second-order valence-electron chi connectivity index (χ2n) is 5.96. The summed E-state index contributed by atoms with van der Waals surface area (Å²) < 4.78 is 7.29. The highest BCUT2D eigenvalue weighted by molar-refractivity contribution is 5.92. The summed E-state index contributed by atoms with van der Waals surface area (Å²) in [5, 5.41) is 13.3. The summed E-state index contributed by atoms with van der Waals surface area (Å²) in [6.07, 6.45) is 6.02. The van der Waals surface area contributed by atoms with Crippen LogP contribution in [0.5, 0.6) is 0 Å². The highest BCUT2D eigenvalue weighted by atomic mass is 16.5. The topological polar surface area (TPSA) is 84.7 Å². The van der Waals surface area contributed by atoms with Crippen molar-refractivity contribution in [3.63, 3.8) is 0 Å². The van der Waals surface area contributed by atoms with E-state index in [1.807, 2.05) is 10.9 Å². The summed E-state index contributed by atoms with van der Waals surface area (Å²) in [6, 6.07) is 2.16. The monoisotopic (exact) mass is 307 g/mol. The normalized spacial score (nSPS) is 22.9. The first-order valence-corrected chi connectivity index (χ1v) is 7.81. The van der Waals surface area contributed by atoms with Gasteiger partial charge in [0.05, 0.1) is 25.2 Å². The smallest absolute Gasteiger partial charge is 0.306 e. The predicted molar refractivity (Wildman–Crippen MR) is 77.6 cm³/mol. The molecule has 1 saturated heterocycles. The van der Waals surface area contributed by atoms with Crippen molar-refractivity contribution in [2.45, 2.75) is 44.2 Å². The summed E-state index contributed by atoms with van der Waals surface area (Å²) >= 11 is 0. The molecule has 7 nitrogen and oxygen atoms in total. The first kappa shape index (κ1) is 15.0. The molecule has 3 rings (SSSR count). The van der Waals surface area contributed by atoms with Crippen LogP contribution in [-0.4, -0.2) is 57.5 Å². The highest BCUT2D eigenvalue weighted by Gasteiger charge is 2.28. The number of carboxylic acids is 1. The Labute approximate surface area is 128 Å². The van der Waals surface area contributed by atoms with E-state index in [-0.39, 0.29) is 12.3 Å². The van der Waals surface area contributed by atoms with Gasteiger partial charge in [0.2, 0.25) is 0 Å². The summed E-state index contributed by atoms with van der Waals surface area (Å²) in [5.74, 6) is -1.06. The predicted octanol–water partition coefficient (Wildman–Crippen LogP) is 1.31. The van der Waals surface area contributed by atoms with Crippen LogP contribution < -0.4 is 0 Å². The van der Waals surface area contributed by atoms with Crippen LogP contribution in [0, 0.1) is 0 Å². The molecule has 0 spiro atoms. The van der Waals surface area contributed by atoms with Crippen molar-refractivity contribution in [1.82, 2.24) is 14.7 Å². The minimum absolute atomic E-state index is 0.0830. The molecule has 1 aromatic heterocycles. The van der Waals surface area contributed by atoms with E-state index in [4.69, 9.17) is 9.84 Å². The van der Waals surface area contributed by atoms with E-state index in [0.29, 0.717) is 31.4 Å². The highest BCUT2D eigenvalue weighted by Crippen LogP contribution is 2.28. The van der Waals surface area contributed by atoms with Crippen LogP contribution in [0.25, 0.3) is 0 Å². The van der Waals surface area contributed by atoms with Crippen molar-refractivity contribution in [2.24, 2.45) is 0 Å². The molecule has 0 radical (unpaired) electrons.